The number of para-hydroxylation sites is 1. The summed E-state index contributed by atoms with van der Waals surface area (Å²) < 4.78 is 0. The van der Waals surface area contributed by atoms with Crippen molar-refractivity contribution in [3.63, 3.8) is 0 Å². The van der Waals surface area contributed by atoms with Crippen molar-refractivity contribution < 1.29 is 4.79 Å². The van der Waals surface area contributed by atoms with Crippen LogP contribution in [0.4, 0.5) is 11.5 Å². The highest BCUT2D eigenvalue weighted by molar-refractivity contribution is 5.95. The molecule has 0 aliphatic carbocycles. The normalized spacial score (nSPS) is 18.4. The maximum absolute atomic E-state index is 13.0. The number of hydrogen-bond acceptors (Lipinski definition) is 5. The SMILES string of the molecule is CCN1CCN(c2cc(C(=O)N3CCN(c4ccccc4)CC3)ccn2)CC1. The molecule has 2 fully saturated rings. The fourth-order valence-electron chi connectivity index (χ4n) is 4.01. The Labute approximate surface area is 167 Å². The quantitative estimate of drug-likeness (QED) is 0.815. The maximum atomic E-state index is 13.0. The van der Waals surface area contributed by atoms with Gasteiger partial charge in [0.05, 0.1) is 0 Å². The summed E-state index contributed by atoms with van der Waals surface area (Å²) in [4.78, 5) is 26.6. The van der Waals surface area contributed by atoms with Crippen molar-refractivity contribution in [2.75, 3.05) is 68.7 Å². The van der Waals surface area contributed by atoms with Crippen molar-refractivity contribution >= 4 is 17.4 Å². The molecule has 6 nitrogen and oxygen atoms in total. The van der Waals surface area contributed by atoms with E-state index in [0.717, 1.165) is 70.3 Å². The number of amides is 1. The molecule has 3 heterocycles. The lowest BCUT2D eigenvalue weighted by molar-refractivity contribution is 0.0746. The molecule has 2 aromatic rings. The van der Waals surface area contributed by atoms with Crippen LogP contribution in [0.5, 0.6) is 0 Å². The summed E-state index contributed by atoms with van der Waals surface area (Å²) >= 11 is 0. The van der Waals surface area contributed by atoms with Crippen molar-refractivity contribution in [3.8, 4) is 0 Å². The lowest BCUT2D eigenvalue weighted by Crippen LogP contribution is -2.49. The Kier molecular flexibility index (Phi) is 5.76. The van der Waals surface area contributed by atoms with Crippen LogP contribution in [0.3, 0.4) is 0 Å². The molecule has 28 heavy (non-hydrogen) atoms. The minimum Gasteiger partial charge on any atom is -0.368 e. The third-order valence-electron chi connectivity index (χ3n) is 5.82. The van der Waals surface area contributed by atoms with Gasteiger partial charge in [-0.25, -0.2) is 4.98 Å². The van der Waals surface area contributed by atoms with Crippen LogP contribution in [0.1, 0.15) is 17.3 Å². The lowest BCUT2D eigenvalue weighted by atomic mass is 10.2. The predicted molar refractivity (Wildman–Crippen MR) is 113 cm³/mol. The molecule has 148 valence electrons. The highest BCUT2D eigenvalue weighted by Crippen LogP contribution is 2.19. The predicted octanol–water partition coefficient (Wildman–Crippen LogP) is 2.19. The number of anilines is 2. The molecule has 0 atom stereocenters. The molecule has 0 spiro atoms. The number of aromatic nitrogens is 1. The summed E-state index contributed by atoms with van der Waals surface area (Å²) in [7, 11) is 0. The molecular weight excluding hydrogens is 350 g/mol. The van der Waals surface area contributed by atoms with Crippen molar-refractivity contribution in [1.82, 2.24) is 14.8 Å². The van der Waals surface area contributed by atoms with E-state index in [9.17, 15) is 4.79 Å². The van der Waals surface area contributed by atoms with E-state index in [1.54, 1.807) is 6.20 Å². The van der Waals surface area contributed by atoms with Crippen molar-refractivity contribution in [1.29, 1.82) is 0 Å². The van der Waals surface area contributed by atoms with Gasteiger partial charge >= 0.3 is 0 Å². The Morgan fingerprint density at radius 3 is 2.25 bits per heavy atom. The number of carbonyl (C=O) groups is 1. The Balaban J connectivity index is 1.38. The van der Waals surface area contributed by atoms with Gasteiger partial charge in [-0.05, 0) is 30.8 Å². The number of hydrogen-bond donors (Lipinski definition) is 0. The van der Waals surface area contributed by atoms with Gasteiger partial charge in [-0.2, -0.15) is 0 Å². The third-order valence-corrected chi connectivity index (χ3v) is 5.82. The highest BCUT2D eigenvalue weighted by Gasteiger charge is 2.23. The highest BCUT2D eigenvalue weighted by atomic mass is 16.2. The third kappa shape index (κ3) is 4.12. The van der Waals surface area contributed by atoms with Gasteiger partial charge in [-0.3, -0.25) is 4.79 Å². The second-order valence-corrected chi connectivity index (χ2v) is 7.44. The molecule has 4 rings (SSSR count). The van der Waals surface area contributed by atoms with E-state index in [1.165, 1.54) is 5.69 Å². The Hall–Kier alpha value is -2.60. The van der Waals surface area contributed by atoms with Gasteiger partial charge in [0.15, 0.2) is 0 Å². The molecule has 0 saturated carbocycles. The van der Waals surface area contributed by atoms with Crippen molar-refractivity contribution in [2.24, 2.45) is 0 Å². The maximum Gasteiger partial charge on any atom is 0.254 e. The minimum absolute atomic E-state index is 0.114. The molecule has 0 unspecified atom stereocenters. The molecule has 1 amide bonds. The van der Waals surface area contributed by atoms with Gasteiger partial charge < -0.3 is 19.6 Å². The number of likely N-dealkylation sites (N-methyl/N-ethyl adjacent to an activating group) is 1. The van der Waals surface area contributed by atoms with Gasteiger partial charge in [0.2, 0.25) is 0 Å². The summed E-state index contributed by atoms with van der Waals surface area (Å²) in [5, 5.41) is 0. The number of pyridine rings is 1. The Bertz CT molecular complexity index is 781. The van der Waals surface area contributed by atoms with Gasteiger partial charge in [-0.15, -0.1) is 0 Å². The average molecular weight is 380 g/mol. The molecule has 0 radical (unpaired) electrons. The fraction of sp³-hybridized carbons (Fsp3) is 0.455. The summed E-state index contributed by atoms with van der Waals surface area (Å²) in [6, 6.07) is 14.2. The number of carbonyl (C=O) groups excluding carboxylic acids is 1. The van der Waals surface area contributed by atoms with E-state index in [2.05, 4.69) is 50.9 Å². The van der Waals surface area contributed by atoms with E-state index in [0.29, 0.717) is 0 Å². The van der Waals surface area contributed by atoms with Crippen LogP contribution in [0, 0.1) is 0 Å². The molecule has 6 heteroatoms. The first-order chi connectivity index (χ1) is 13.7. The zero-order valence-corrected chi connectivity index (χ0v) is 16.6. The molecule has 0 bridgehead atoms. The first-order valence-electron chi connectivity index (χ1n) is 10.3. The van der Waals surface area contributed by atoms with Crippen LogP contribution in [-0.2, 0) is 0 Å². The zero-order chi connectivity index (χ0) is 19.3. The molecule has 2 saturated heterocycles. The van der Waals surface area contributed by atoms with Crippen LogP contribution >= 0.6 is 0 Å². The summed E-state index contributed by atoms with van der Waals surface area (Å²) in [6.45, 7) is 10.6. The van der Waals surface area contributed by atoms with Crippen LogP contribution in [0.15, 0.2) is 48.7 Å². The largest absolute Gasteiger partial charge is 0.368 e. The topological polar surface area (TPSA) is 42.9 Å². The molecule has 1 aromatic carbocycles. The second-order valence-electron chi connectivity index (χ2n) is 7.44. The minimum atomic E-state index is 0.114. The van der Waals surface area contributed by atoms with E-state index in [-0.39, 0.29) is 5.91 Å². The lowest BCUT2D eigenvalue weighted by Gasteiger charge is -2.36. The molecule has 2 aliphatic rings. The van der Waals surface area contributed by atoms with Gasteiger partial charge in [0.25, 0.3) is 5.91 Å². The number of nitrogens with zero attached hydrogens (tertiary/aromatic N) is 5. The van der Waals surface area contributed by atoms with Crippen LogP contribution in [0.25, 0.3) is 0 Å². The van der Waals surface area contributed by atoms with Gasteiger partial charge in [-0.1, -0.05) is 25.1 Å². The van der Waals surface area contributed by atoms with E-state index < -0.39 is 0 Å². The van der Waals surface area contributed by atoms with Crippen LogP contribution in [0.2, 0.25) is 0 Å². The fourth-order valence-corrected chi connectivity index (χ4v) is 4.01. The second kappa shape index (κ2) is 8.61. The summed E-state index contributed by atoms with van der Waals surface area (Å²) in [5.41, 5.74) is 1.98. The average Bonchev–Trinajstić information content (AvgIpc) is 2.79. The Morgan fingerprint density at radius 1 is 0.893 bits per heavy atom. The van der Waals surface area contributed by atoms with E-state index in [1.807, 2.05) is 23.1 Å². The number of rotatable bonds is 4. The van der Waals surface area contributed by atoms with Crippen LogP contribution < -0.4 is 9.80 Å². The monoisotopic (exact) mass is 379 g/mol. The van der Waals surface area contributed by atoms with Gasteiger partial charge in [0, 0.05) is 69.8 Å². The van der Waals surface area contributed by atoms with E-state index >= 15 is 0 Å². The molecule has 0 N–H and O–H groups in total. The first kappa shape index (κ1) is 18.7. The molecule has 1 aromatic heterocycles. The van der Waals surface area contributed by atoms with Crippen molar-refractivity contribution in [3.05, 3.63) is 54.2 Å². The summed E-state index contributed by atoms with van der Waals surface area (Å²) in [5.74, 6) is 1.04. The zero-order valence-electron chi connectivity index (χ0n) is 16.6. The number of piperazine rings is 2. The smallest absolute Gasteiger partial charge is 0.254 e. The summed E-state index contributed by atoms with van der Waals surface area (Å²) in [6.07, 6.45) is 1.77. The van der Waals surface area contributed by atoms with E-state index in [4.69, 9.17) is 0 Å². The molecular formula is C22H29N5O. The standard InChI is InChI=1S/C22H29N5O/c1-2-24-10-12-26(13-11-24)21-18-19(8-9-23-21)22(28)27-16-14-25(15-17-27)20-6-4-3-5-7-20/h3-9,18H,2,10-17H2,1H3. The number of benzene rings is 1. The molecule has 2 aliphatic heterocycles. The van der Waals surface area contributed by atoms with Gasteiger partial charge in [0.1, 0.15) is 5.82 Å². The van der Waals surface area contributed by atoms with Crippen LogP contribution in [-0.4, -0.2) is 79.6 Å². The van der Waals surface area contributed by atoms with Crippen molar-refractivity contribution in [2.45, 2.75) is 6.92 Å². The Morgan fingerprint density at radius 2 is 1.57 bits per heavy atom. The first-order valence-corrected chi connectivity index (χ1v) is 10.3.